The molecule has 3 nitrogen and oxygen atoms in total. The molecule has 1 aliphatic rings. The fraction of sp³-hybridized carbons (Fsp3) is 0.667. The van der Waals surface area contributed by atoms with E-state index in [4.69, 9.17) is 5.73 Å². The van der Waals surface area contributed by atoms with Crippen LogP contribution in [0.15, 0.2) is 6.20 Å². The maximum Gasteiger partial charge on any atom is 0.0593 e. The highest BCUT2D eigenvalue weighted by molar-refractivity contribution is 5.53. The summed E-state index contributed by atoms with van der Waals surface area (Å²) in [6.07, 6.45) is 6.11. The van der Waals surface area contributed by atoms with Crippen molar-refractivity contribution in [2.75, 3.05) is 18.8 Å². The molecule has 0 amide bonds. The first-order chi connectivity index (χ1) is 8.61. The number of pyridine rings is 1. The molecule has 1 aromatic heterocycles. The lowest BCUT2D eigenvalue weighted by Gasteiger charge is -2.31. The minimum Gasteiger partial charge on any atom is -0.398 e. The number of hydrogen-bond donors (Lipinski definition) is 1. The largest absolute Gasteiger partial charge is 0.398 e. The molecule has 2 rings (SSSR count). The molecule has 3 heteroatoms. The highest BCUT2D eigenvalue weighted by atomic mass is 15.1. The standard InChI is InChI=1S/C15H25N3/c1-4-18(9-13-6-5-7-13)10-14-12(3)15(16)11(2)8-17-14/h8,13H,4-7,9-10H2,1-3H3,(H2,16,17). The number of hydrogen-bond acceptors (Lipinski definition) is 3. The Hall–Kier alpha value is -1.09. The van der Waals surface area contributed by atoms with Gasteiger partial charge in [0.25, 0.3) is 0 Å². The van der Waals surface area contributed by atoms with E-state index in [1.54, 1.807) is 0 Å². The monoisotopic (exact) mass is 247 g/mol. The summed E-state index contributed by atoms with van der Waals surface area (Å²) in [7, 11) is 0. The number of rotatable bonds is 5. The van der Waals surface area contributed by atoms with E-state index in [1.165, 1.54) is 25.8 Å². The van der Waals surface area contributed by atoms with Crippen molar-refractivity contribution in [1.29, 1.82) is 0 Å². The molecular weight excluding hydrogens is 222 g/mol. The second-order valence-corrected chi connectivity index (χ2v) is 5.55. The van der Waals surface area contributed by atoms with Gasteiger partial charge in [0.05, 0.1) is 5.69 Å². The number of aryl methyl sites for hydroxylation is 1. The van der Waals surface area contributed by atoms with Crippen LogP contribution in [0, 0.1) is 19.8 Å². The van der Waals surface area contributed by atoms with Gasteiger partial charge < -0.3 is 5.73 Å². The van der Waals surface area contributed by atoms with E-state index in [0.717, 1.165) is 41.5 Å². The first kappa shape index (κ1) is 13.3. The molecule has 100 valence electrons. The van der Waals surface area contributed by atoms with Gasteiger partial charge in [-0.3, -0.25) is 9.88 Å². The van der Waals surface area contributed by atoms with Crippen molar-refractivity contribution in [3.63, 3.8) is 0 Å². The lowest BCUT2D eigenvalue weighted by molar-refractivity contribution is 0.176. The highest BCUT2D eigenvalue weighted by Gasteiger charge is 2.20. The molecule has 0 saturated heterocycles. The number of nitrogens with zero attached hydrogens (tertiary/aromatic N) is 2. The van der Waals surface area contributed by atoms with Gasteiger partial charge in [0.2, 0.25) is 0 Å². The van der Waals surface area contributed by atoms with Crippen LogP contribution in [-0.4, -0.2) is 23.0 Å². The van der Waals surface area contributed by atoms with Gasteiger partial charge in [-0.15, -0.1) is 0 Å². The zero-order chi connectivity index (χ0) is 13.1. The number of nitrogen functional groups attached to an aromatic ring is 1. The molecule has 0 aliphatic heterocycles. The molecule has 0 radical (unpaired) electrons. The van der Waals surface area contributed by atoms with Crippen LogP contribution in [-0.2, 0) is 6.54 Å². The summed E-state index contributed by atoms with van der Waals surface area (Å²) in [5.74, 6) is 0.910. The normalized spacial score (nSPS) is 16.0. The fourth-order valence-electron chi connectivity index (χ4n) is 2.51. The molecule has 18 heavy (non-hydrogen) atoms. The predicted molar refractivity (Wildman–Crippen MR) is 76.4 cm³/mol. The van der Waals surface area contributed by atoms with E-state index in [0.29, 0.717) is 0 Å². The Kier molecular flexibility index (Phi) is 4.23. The summed E-state index contributed by atoms with van der Waals surface area (Å²) in [5, 5.41) is 0. The average Bonchev–Trinajstić information content (AvgIpc) is 2.32. The molecule has 0 atom stereocenters. The van der Waals surface area contributed by atoms with Gasteiger partial charge >= 0.3 is 0 Å². The summed E-state index contributed by atoms with van der Waals surface area (Å²) in [6.45, 7) is 9.57. The minimum atomic E-state index is 0.902. The SMILES string of the molecule is CCN(Cc1ncc(C)c(N)c1C)CC1CCC1. The molecule has 2 N–H and O–H groups in total. The lowest BCUT2D eigenvalue weighted by atomic mass is 9.85. The third-order valence-corrected chi connectivity index (χ3v) is 4.24. The van der Waals surface area contributed by atoms with E-state index in [1.807, 2.05) is 13.1 Å². The molecule has 1 aliphatic carbocycles. The number of anilines is 1. The lowest BCUT2D eigenvalue weighted by Crippen LogP contribution is -2.32. The minimum absolute atomic E-state index is 0.902. The topological polar surface area (TPSA) is 42.2 Å². The van der Waals surface area contributed by atoms with Gasteiger partial charge in [0.1, 0.15) is 0 Å². The van der Waals surface area contributed by atoms with Crippen molar-refractivity contribution in [3.8, 4) is 0 Å². The van der Waals surface area contributed by atoms with Crippen LogP contribution in [0.2, 0.25) is 0 Å². The van der Waals surface area contributed by atoms with Crippen LogP contribution in [0.5, 0.6) is 0 Å². The van der Waals surface area contributed by atoms with Crippen molar-refractivity contribution < 1.29 is 0 Å². The van der Waals surface area contributed by atoms with Gasteiger partial charge in [-0.25, -0.2) is 0 Å². The molecule has 1 aromatic rings. The van der Waals surface area contributed by atoms with Crippen LogP contribution in [0.3, 0.4) is 0 Å². The van der Waals surface area contributed by atoms with E-state index in [-0.39, 0.29) is 0 Å². The zero-order valence-electron chi connectivity index (χ0n) is 11.9. The van der Waals surface area contributed by atoms with Crippen LogP contribution in [0.4, 0.5) is 5.69 Å². The van der Waals surface area contributed by atoms with Crippen molar-refractivity contribution in [1.82, 2.24) is 9.88 Å². The molecule has 0 unspecified atom stereocenters. The number of aromatic nitrogens is 1. The van der Waals surface area contributed by atoms with Crippen LogP contribution in [0.1, 0.15) is 43.0 Å². The van der Waals surface area contributed by atoms with E-state index < -0.39 is 0 Å². The second-order valence-electron chi connectivity index (χ2n) is 5.55. The van der Waals surface area contributed by atoms with Crippen molar-refractivity contribution >= 4 is 5.69 Å². The Labute approximate surface area is 110 Å². The summed E-state index contributed by atoms with van der Waals surface area (Å²) < 4.78 is 0. The third kappa shape index (κ3) is 2.83. The first-order valence-corrected chi connectivity index (χ1v) is 7.04. The second kappa shape index (κ2) is 5.70. The Bertz CT molecular complexity index is 410. The molecule has 0 spiro atoms. The molecule has 0 bridgehead atoms. The number of nitrogens with two attached hydrogens (primary N) is 1. The van der Waals surface area contributed by atoms with Crippen molar-refractivity contribution in [2.24, 2.45) is 5.92 Å². The van der Waals surface area contributed by atoms with Gasteiger partial charge in [-0.1, -0.05) is 13.3 Å². The predicted octanol–water partition coefficient (Wildman–Crippen LogP) is 2.90. The summed E-state index contributed by atoms with van der Waals surface area (Å²) in [5.41, 5.74) is 10.4. The van der Waals surface area contributed by atoms with Crippen LogP contribution < -0.4 is 5.73 Å². The van der Waals surface area contributed by atoms with Crippen molar-refractivity contribution in [3.05, 3.63) is 23.0 Å². The Balaban J connectivity index is 2.04. The van der Waals surface area contributed by atoms with Gasteiger partial charge in [-0.05, 0) is 50.3 Å². The van der Waals surface area contributed by atoms with Gasteiger partial charge in [0.15, 0.2) is 0 Å². The zero-order valence-corrected chi connectivity index (χ0v) is 11.9. The molecule has 1 fully saturated rings. The summed E-state index contributed by atoms with van der Waals surface area (Å²) in [6, 6.07) is 0. The van der Waals surface area contributed by atoms with Gasteiger partial charge in [-0.2, -0.15) is 0 Å². The molecule has 1 saturated carbocycles. The smallest absolute Gasteiger partial charge is 0.0593 e. The first-order valence-electron chi connectivity index (χ1n) is 7.04. The molecule has 1 heterocycles. The summed E-state index contributed by atoms with van der Waals surface area (Å²) in [4.78, 5) is 7.05. The van der Waals surface area contributed by atoms with Crippen molar-refractivity contribution in [2.45, 2.75) is 46.6 Å². The fourth-order valence-corrected chi connectivity index (χ4v) is 2.51. The van der Waals surface area contributed by atoms with E-state index in [2.05, 4.69) is 23.7 Å². The molecule has 0 aromatic carbocycles. The van der Waals surface area contributed by atoms with E-state index >= 15 is 0 Å². The Morgan fingerprint density at radius 2 is 2.11 bits per heavy atom. The summed E-state index contributed by atoms with van der Waals surface area (Å²) >= 11 is 0. The Morgan fingerprint density at radius 3 is 2.67 bits per heavy atom. The maximum atomic E-state index is 6.08. The maximum absolute atomic E-state index is 6.08. The average molecular weight is 247 g/mol. The quantitative estimate of drug-likeness (QED) is 0.870. The third-order valence-electron chi connectivity index (χ3n) is 4.24. The van der Waals surface area contributed by atoms with E-state index in [9.17, 15) is 0 Å². The molecular formula is C15H25N3. The Morgan fingerprint density at radius 1 is 1.39 bits per heavy atom. The van der Waals surface area contributed by atoms with Crippen LogP contribution in [0.25, 0.3) is 0 Å². The van der Waals surface area contributed by atoms with Gasteiger partial charge in [0, 0.05) is 25.0 Å². The van der Waals surface area contributed by atoms with Crippen LogP contribution >= 0.6 is 0 Å². The highest BCUT2D eigenvalue weighted by Crippen LogP contribution is 2.28.